The molecule has 0 atom stereocenters. The van der Waals surface area contributed by atoms with Gasteiger partial charge in [0.2, 0.25) is 0 Å². The molecule has 2 N–H and O–H groups in total. The number of halogens is 1. The molecule has 3 nitrogen and oxygen atoms in total. The Hall–Kier alpha value is -1.81. The van der Waals surface area contributed by atoms with Crippen LogP contribution < -0.4 is 0 Å². The standard InChI is InChI=1S/C15H13BrO3/c1-9-4-2-3-5-10(9)6-11-7-12(16)8-13(14(11)17)15(18)19/h2-5,7-8,17H,6H2,1H3,(H,18,19). The van der Waals surface area contributed by atoms with Crippen molar-refractivity contribution in [1.82, 2.24) is 0 Å². The number of hydrogen-bond donors (Lipinski definition) is 2. The van der Waals surface area contributed by atoms with Crippen molar-refractivity contribution < 1.29 is 15.0 Å². The van der Waals surface area contributed by atoms with Crippen LogP contribution in [-0.2, 0) is 6.42 Å². The molecule has 0 aliphatic rings. The van der Waals surface area contributed by atoms with E-state index in [9.17, 15) is 9.90 Å². The average Bonchev–Trinajstić information content (AvgIpc) is 2.35. The highest BCUT2D eigenvalue weighted by Gasteiger charge is 2.15. The van der Waals surface area contributed by atoms with E-state index >= 15 is 0 Å². The number of phenols is 1. The van der Waals surface area contributed by atoms with Crippen LogP contribution >= 0.6 is 15.9 Å². The van der Waals surface area contributed by atoms with E-state index in [0.29, 0.717) is 16.5 Å². The molecule has 0 radical (unpaired) electrons. The molecule has 0 saturated carbocycles. The first-order valence-corrected chi connectivity index (χ1v) is 6.57. The number of aromatic carboxylic acids is 1. The van der Waals surface area contributed by atoms with E-state index in [4.69, 9.17) is 5.11 Å². The first-order chi connectivity index (χ1) is 8.99. The Morgan fingerprint density at radius 2 is 1.89 bits per heavy atom. The Labute approximate surface area is 119 Å². The quantitative estimate of drug-likeness (QED) is 0.905. The van der Waals surface area contributed by atoms with Gasteiger partial charge < -0.3 is 10.2 Å². The predicted octanol–water partition coefficient (Wildman–Crippen LogP) is 3.75. The van der Waals surface area contributed by atoms with Gasteiger partial charge in [-0.2, -0.15) is 0 Å². The van der Waals surface area contributed by atoms with E-state index in [2.05, 4.69) is 15.9 Å². The van der Waals surface area contributed by atoms with Crippen molar-refractivity contribution in [3.8, 4) is 5.75 Å². The lowest BCUT2D eigenvalue weighted by atomic mass is 9.98. The molecule has 0 saturated heterocycles. The molecule has 0 heterocycles. The van der Waals surface area contributed by atoms with Crippen LogP contribution in [0.5, 0.6) is 5.75 Å². The maximum atomic E-state index is 11.1. The van der Waals surface area contributed by atoms with Gasteiger partial charge in [0.05, 0.1) is 0 Å². The van der Waals surface area contributed by atoms with Gasteiger partial charge in [-0.05, 0) is 30.2 Å². The SMILES string of the molecule is Cc1ccccc1Cc1cc(Br)cc(C(=O)O)c1O. The fraction of sp³-hybridized carbons (Fsp3) is 0.133. The lowest BCUT2D eigenvalue weighted by Gasteiger charge is -2.10. The number of carboxylic acid groups (broad SMARTS) is 1. The van der Waals surface area contributed by atoms with Gasteiger partial charge in [-0.3, -0.25) is 0 Å². The van der Waals surface area contributed by atoms with Gasteiger partial charge in [0.1, 0.15) is 11.3 Å². The van der Waals surface area contributed by atoms with Crippen molar-refractivity contribution in [3.05, 3.63) is 63.1 Å². The maximum Gasteiger partial charge on any atom is 0.339 e. The summed E-state index contributed by atoms with van der Waals surface area (Å²) < 4.78 is 0.645. The second-order valence-corrected chi connectivity index (χ2v) is 5.29. The van der Waals surface area contributed by atoms with E-state index in [0.717, 1.165) is 11.1 Å². The minimum Gasteiger partial charge on any atom is -0.507 e. The Balaban J connectivity index is 2.46. The van der Waals surface area contributed by atoms with Gasteiger partial charge in [-0.25, -0.2) is 4.79 Å². The van der Waals surface area contributed by atoms with E-state index in [1.807, 2.05) is 31.2 Å². The number of carboxylic acids is 1. The first-order valence-electron chi connectivity index (χ1n) is 5.78. The minimum atomic E-state index is -1.13. The predicted molar refractivity (Wildman–Crippen MR) is 76.8 cm³/mol. The van der Waals surface area contributed by atoms with Crippen LogP contribution in [0.15, 0.2) is 40.9 Å². The fourth-order valence-electron chi connectivity index (χ4n) is 1.97. The molecule has 0 aliphatic carbocycles. The molecule has 4 heteroatoms. The van der Waals surface area contributed by atoms with Crippen LogP contribution in [0.2, 0.25) is 0 Å². The highest BCUT2D eigenvalue weighted by molar-refractivity contribution is 9.10. The average molecular weight is 321 g/mol. The third-order valence-electron chi connectivity index (χ3n) is 3.03. The van der Waals surface area contributed by atoms with Crippen molar-refractivity contribution in [2.75, 3.05) is 0 Å². The summed E-state index contributed by atoms with van der Waals surface area (Å²) >= 11 is 3.27. The zero-order valence-corrected chi connectivity index (χ0v) is 11.9. The Bertz CT molecular complexity index is 635. The van der Waals surface area contributed by atoms with Crippen LogP contribution in [0, 0.1) is 6.92 Å². The van der Waals surface area contributed by atoms with E-state index in [-0.39, 0.29) is 11.3 Å². The summed E-state index contributed by atoms with van der Waals surface area (Å²) in [7, 11) is 0. The summed E-state index contributed by atoms with van der Waals surface area (Å²) in [6, 6.07) is 11.0. The molecular weight excluding hydrogens is 308 g/mol. The lowest BCUT2D eigenvalue weighted by Crippen LogP contribution is -2.01. The van der Waals surface area contributed by atoms with Crippen LogP contribution in [0.25, 0.3) is 0 Å². The highest BCUT2D eigenvalue weighted by Crippen LogP contribution is 2.29. The van der Waals surface area contributed by atoms with Crippen LogP contribution in [0.1, 0.15) is 27.0 Å². The number of hydrogen-bond acceptors (Lipinski definition) is 2. The van der Waals surface area contributed by atoms with E-state index in [1.54, 1.807) is 6.07 Å². The summed E-state index contributed by atoms with van der Waals surface area (Å²) in [6.07, 6.45) is 0.498. The highest BCUT2D eigenvalue weighted by atomic mass is 79.9. The van der Waals surface area contributed by atoms with Gasteiger partial charge >= 0.3 is 5.97 Å². The zero-order valence-electron chi connectivity index (χ0n) is 10.4. The summed E-state index contributed by atoms with van der Waals surface area (Å²) in [5.74, 6) is -1.30. The molecule has 2 aromatic rings. The van der Waals surface area contributed by atoms with E-state index < -0.39 is 5.97 Å². The fourth-order valence-corrected chi connectivity index (χ4v) is 2.47. The second kappa shape index (κ2) is 5.45. The van der Waals surface area contributed by atoms with Gasteiger partial charge in [0.25, 0.3) is 0 Å². The van der Waals surface area contributed by atoms with Gasteiger partial charge in [0, 0.05) is 16.5 Å². The number of benzene rings is 2. The molecule has 0 aromatic heterocycles. The molecule has 0 spiro atoms. The van der Waals surface area contributed by atoms with Crippen molar-refractivity contribution in [3.63, 3.8) is 0 Å². The molecule has 0 bridgehead atoms. The van der Waals surface area contributed by atoms with Gasteiger partial charge in [-0.15, -0.1) is 0 Å². The molecule has 0 aliphatic heterocycles. The minimum absolute atomic E-state index is 0.0852. The first kappa shape index (κ1) is 13.6. The lowest BCUT2D eigenvalue weighted by molar-refractivity contribution is 0.0693. The zero-order chi connectivity index (χ0) is 14.0. The third-order valence-corrected chi connectivity index (χ3v) is 3.48. The van der Waals surface area contributed by atoms with Gasteiger partial charge in [0.15, 0.2) is 0 Å². The second-order valence-electron chi connectivity index (χ2n) is 4.37. The third kappa shape index (κ3) is 2.96. The van der Waals surface area contributed by atoms with Crippen LogP contribution in [-0.4, -0.2) is 16.2 Å². The number of rotatable bonds is 3. The van der Waals surface area contributed by atoms with Crippen LogP contribution in [0.3, 0.4) is 0 Å². The van der Waals surface area contributed by atoms with Gasteiger partial charge in [-0.1, -0.05) is 40.2 Å². The normalized spacial score (nSPS) is 10.4. The monoisotopic (exact) mass is 320 g/mol. The summed E-state index contributed by atoms with van der Waals surface area (Å²) in [5, 5.41) is 19.1. The van der Waals surface area contributed by atoms with Crippen molar-refractivity contribution in [2.24, 2.45) is 0 Å². The number of carbonyl (C=O) groups is 1. The molecule has 0 unspecified atom stereocenters. The van der Waals surface area contributed by atoms with E-state index in [1.165, 1.54) is 6.07 Å². The van der Waals surface area contributed by atoms with Crippen molar-refractivity contribution in [2.45, 2.75) is 13.3 Å². The smallest absolute Gasteiger partial charge is 0.339 e. The molecule has 2 aromatic carbocycles. The summed E-state index contributed by atoms with van der Waals surface area (Å²) in [6.45, 7) is 1.99. The largest absolute Gasteiger partial charge is 0.507 e. The molecule has 19 heavy (non-hydrogen) atoms. The Morgan fingerprint density at radius 3 is 2.53 bits per heavy atom. The topological polar surface area (TPSA) is 57.5 Å². The summed E-state index contributed by atoms with van der Waals surface area (Å²) in [4.78, 5) is 11.1. The molecule has 0 amide bonds. The van der Waals surface area contributed by atoms with Crippen molar-refractivity contribution in [1.29, 1.82) is 0 Å². The van der Waals surface area contributed by atoms with Crippen LogP contribution in [0.4, 0.5) is 0 Å². The molecule has 0 fully saturated rings. The number of aromatic hydroxyl groups is 1. The van der Waals surface area contributed by atoms with Crippen molar-refractivity contribution >= 4 is 21.9 Å². The number of aryl methyl sites for hydroxylation is 1. The summed E-state index contributed by atoms with van der Waals surface area (Å²) in [5.41, 5.74) is 2.69. The Kier molecular flexibility index (Phi) is 3.90. The molecule has 98 valence electrons. The molecular formula is C15H13BrO3. The maximum absolute atomic E-state index is 11.1. The molecule has 2 rings (SSSR count). The Morgan fingerprint density at radius 1 is 1.21 bits per heavy atom.